The summed E-state index contributed by atoms with van der Waals surface area (Å²) in [5.41, 5.74) is 6.48. The van der Waals surface area contributed by atoms with Crippen LogP contribution < -0.4 is 11.1 Å². The third-order valence-electron chi connectivity index (χ3n) is 3.08. The number of amidine groups is 1. The summed E-state index contributed by atoms with van der Waals surface area (Å²) in [4.78, 5) is 0. The van der Waals surface area contributed by atoms with Crippen LogP contribution in [0.3, 0.4) is 0 Å². The highest BCUT2D eigenvalue weighted by Crippen LogP contribution is 2.18. The number of nitrogens with zero attached hydrogens (tertiary/aromatic N) is 1. The number of nitrogens with two attached hydrogens (primary N) is 1. The number of rotatable bonds is 7. The van der Waals surface area contributed by atoms with Gasteiger partial charge >= 0.3 is 0 Å². The summed E-state index contributed by atoms with van der Waals surface area (Å²) in [6, 6.07) is 4.29. The topological polar surface area (TPSA) is 90.9 Å². The molecule has 0 bridgehead atoms. The molecule has 0 saturated carbocycles. The lowest BCUT2D eigenvalue weighted by Crippen LogP contribution is -2.30. The number of aliphatic hydroxyl groups is 1. The van der Waals surface area contributed by atoms with Crippen LogP contribution in [0.5, 0.6) is 0 Å². The summed E-state index contributed by atoms with van der Waals surface area (Å²) in [7, 11) is 0. The first-order valence-corrected chi connectivity index (χ1v) is 6.47. The van der Waals surface area contributed by atoms with Gasteiger partial charge in [-0.2, -0.15) is 0 Å². The first-order chi connectivity index (χ1) is 9.38. The van der Waals surface area contributed by atoms with Crippen LogP contribution in [-0.2, 0) is 6.54 Å². The summed E-state index contributed by atoms with van der Waals surface area (Å²) in [5, 5.41) is 23.6. The minimum absolute atomic E-state index is 0.0313. The molecular formula is C14H22FN3O2. The molecule has 0 aliphatic carbocycles. The maximum absolute atomic E-state index is 13.5. The fourth-order valence-electron chi connectivity index (χ4n) is 1.89. The largest absolute Gasteiger partial charge is 0.409 e. The Morgan fingerprint density at radius 3 is 2.70 bits per heavy atom. The Labute approximate surface area is 118 Å². The van der Waals surface area contributed by atoms with E-state index in [9.17, 15) is 4.39 Å². The highest BCUT2D eigenvalue weighted by atomic mass is 19.1. The van der Waals surface area contributed by atoms with E-state index in [1.54, 1.807) is 6.07 Å². The first-order valence-electron chi connectivity index (χ1n) is 6.47. The molecule has 0 aliphatic heterocycles. The molecule has 0 radical (unpaired) electrons. The summed E-state index contributed by atoms with van der Waals surface area (Å²) >= 11 is 0. The lowest BCUT2D eigenvalue weighted by atomic mass is 9.90. The van der Waals surface area contributed by atoms with Gasteiger partial charge < -0.3 is 21.4 Å². The van der Waals surface area contributed by atoms with Gasteiger partial charge in [0.05, 0.1) is 0 Å². The van der Waals surface area contributed by atoms with E-state index in [0.29, 0.717) is 30.6 Å². The van der Waals surface area contributed by atoms with Crippen molar-refractivity contribution in [2.24, 2.45) is 16.3 Å². The van der Waals surface area contributed by atoms with Gasteiger partial charge in [-0.15, -0.1) is 0 Å². The minimum Gasteiger partial charge on any atom is -0.409 e. The van der Waals surface area contributed by atoms with E-state index < -0.39 is 5.82 Å². The Bertz CT molecular complexity index is 475. The monoisotopic (exact) mass is 283 g/mol. The van der Waals surface area contributed by atoms with Crippen LogP contribution in [0.2, 0.25) is 0 Å². The molecule has 0 heterocycles. The van der Waals surface area contributed by atoms with Crippen LogP contribution in [0.4, 0.5) is 4.39 Å². The first kappa shape index (κ1) is 16.4. The summed E-state index contributed by atoms with van der Waals surface area (Å²) in [5.74, 6) is -0.549. The maximum atomic E-state index is 13.5. The van der Waals surface area contributed by atoms with Crippen LogP contribution in [0.1, 0.15) is 31.4 Å². The molecule has 0 amide bonds. The summed E-state index contributed by atoms with van der Waals surface area (Å²) in [6.07, 6.45) is 0.693. The Hall–Kier alpha value is -1.66. The van der Waals surface area contributed by atoms with E-state index in [-0.39, 0.29) is 17.9 Å². The molecule has 0 unspecified atom stereocenters. The number of oxime groups is 1. The average Bonchev–Trinajstić information content (AvgIpc) is 2.36. The van der Waals surface area contributed by atoms with Crippen LogP contribution in [-0.4, -0.2) is 29.3 Å². The second kappa shape index (κ2) is 7.21. The third-order valence-corrected chi connectivity index (χ3v) is 3.08. The van der Waals surface area contributed by atoms with E-state index in [2.05, 4.69) is 10.5 Å². The zero-order valence-electron chi connectivity index (χ0n) is 11.9. The van der Waals surface area contributed by atoms with Crippen molar-refractivity contribution in [1.82, 2.24) is 5.32 Å². The molecule has 5 nitrogen and oxygen atoms in total. The number of nitrogens with one attached hydrogen (secondary N) is 1. The molecule has 0 saturated heterocycles. The summed E-state index contributed by atoms with van der Waals surface area (Å²) in [6.45, 7) is 5.40. The Morgan fingerprint density at radius 2 is 2.10 bits per heavy atom. The molecular weight excluding hydrogens is 261 g/mol. The predicted molar refractivity (Wildman–Crippen MR) is 76.1 cm³/mol. The standard InChI is InChI=1S/C14H22FN3O2/c1-14(2,3-4-19)9-17-8-10-5-11(13(16)18-20)7-12(15)6-10/h5-7,17,19-20H,3-4,8-9H2,1-2H3,(H2,16,18). The third kappa shape index (κ3) is 5.14. The van der Waals surface area contributed by atoms with Crippen LogP contribution >= 0.6 is 0 Å². The van der Waals surface area contributed by atoms with Crippen molar-refractivity contribution < 1.29 is 14.7 Å². The SMILES string of the molecule is CC(C)(CCO)CNCc1cc(F)cc(/C(N)=N/O)c1. The van der Waals surface area contributed by atoms with Crippen molar-refractivity contribution in [1.29, 1.82) is 0 Å². The zero-order valence-corrected chi connectivity index (χ0v) is 11.9. The molecule has 6 heteroatoms. The van der Waals surface area contributed by atoms with Gasteiger partial charge in [0.2, 0.25) is 0 Å². The van der Waals surface area contributed by atoms with E-state index in [0.717, 1.165) is 0 Å². The van der Waals surface area contributed by atoms with Crippen molar-refractivity contribution >= 4 is 5.84 Å². The highest BCUT2D eigenvalue weighted by molar-refractivity contribution is 5.97. The molecule has 0 atom stereocenters. The van der Waals surface area contributed by atoms with Crippen molar-refractivity contribution in [2.45, 2.75) is 26.8 Å². The van der Waals surface area contributed by atoms with Gasteiger partial charge in [0.1, 0.15) is 5.82 Å². The van der Waals surface area contributed by atoms with Gasteiger partial charge in [-0.1, -0.05) is 19.0 Å². The van der Waals surface area contributed by atoms with Crippen molar-refractivity contribution in [2.75, 3.05) is 13.2 Å². The highest BCUT2D eigenvalue weighted by Gasteiger charge is 2.16. The van der Waals surface area contributed by atoms with E-state index >= 15 is 0 Å². The van der Waals surface area contributed by atoms with Gasteiger partial charge in [0.15, 0.2) is 5.84 Å². The van der Waals surface area contributed by atoms with E-state index in [1.807, 2.05) is 13.8 Å². The summed E-state index contributed by atoms with van der Waals surface area (Å²) < 4.78 is 13.5. The molecule has 0 spiro atoms. The smallest absolute Gasteiger partial charge is 0.170 e. The van der Waals surface area contributed by atoms with Crippen molar-refractivity contribution in [3.05, 3.63) is 35.1 Å². The normalized spacial score (nSPS) is 12.7. The van der Waals surface area contributed by atoms with Crippen LogP contribution in [0, 0.1) is 11.2 Å². The van der Waals surface area contributed by atoms with Crippen LogP contribution in [0.25, 0.3) is 0 Å². The maximum Gasteiger partial charge on any atom is 0.170 e. The average molecular weight is 283 g/mol. The zero-order chi connectivity index (χ0) is 15.2. The van der Waals surface area contributed by atoms with E-state index in [1.165, 1.54) is 12.1 Å². The van der Waals surface area contributed by atoms with Gasteiger partial charge in [0.25, 0.3) is 0 Å². The Kier molecular flexibility index (Phi) is 5.91. The van der Waals surface area contributed by atoms with Gasteiger partial charge in [-0.3, -0.25) is 0 Å². The fourth-order valence-corrected chi connectivity index (χ4v) is 1.89. The molecule has 0 aliphatic rings. The lowest BCUT2D eigenvalue weighted by Gasteiger charge is -2.24. The molecule has 1 aromatic rings. The number of hydrogen-bond acceptors (Lipinski definition) is 4. The minimum atomic E-state index is -0.430. The van der Waals surface area contributed by atoms with Gasteiger partial charge in [-0.25, -0.2) is 4.39 Å². The van der Waals surface area contributed by atoms with Crippen molar-refractivity contribution in [3.63, 3.8) is 0 Å². The Balaban J connectivity index is 2.67. The molecule has 0 aromatic heterocycles. The number of halogens is 1. The van der Waals surface area contributed by atoms with E-state index in [4.69, 9.17) is 16.0 Å². The van der Waals surface area contributed by atoms with Gasteiger partial charge in [-0.05, 0) is 35.6 Å². The van der Waals surface area contributed by atoms with Crippen LogP contribution in [0.15, 0.2) is 23.4 Å². The molecule has 20 heavy (non-hydrogen) atoms. The predicted octanol–water partition coefficient (Wildman–Crippen LogP) is 1.42. The number of aliphatic hydroxyl groups excluding tert-OH is 1. The molecule has 5 N–H and O–H groups in total. The van der Waals surface area contributed by atoms with Crippen molar-refractivity contribution in [3.8, 4) is 0 Å². The second-order valence-corrected chi connectivity index (χ2v) is 5.57. The quantitative estimate of drug-likeness (QED) is 0.264. The Morgan fingerprint density at radius 1 is 1.40 bits per heavy atom. The number of hydrogen-bond donors (Lipinski definition) is 4. The molecule has 0 fully saturated rings. The fraction of sp³-hybridized carbons (Fsp3) is 0.500. The molecule has 1 aromatic carbocycles. The van der Waals surface area contributed by atoms with Gasteiger partial charge in [0, 0.05) is 25.3 Å². The molecule has 112 valence electrons. The second-order valence-electron chi connectivity index (χ2n) is 5.57. The lowest BCUT2D eigenvalue weighted by molar-refractivity contribution is 0.207. The number of benzene rings is 1. The molecule has 1 rings (SSSR count).